The van der Waals surface area contributed by atoms with Crippen molar-refractivity contribution in [2.45, 2.75) is 14.7 Å². The Morgan fingerprint density at radius 2 is 1.14 bits per heavy atom. The number of rotatable bonds is 13. The molecule has 0 aliphatic heterocycles. The Balaban J connectivity index is 1.48. The summed E-state index contributed by atoms with van der Waals surface area (Å²) in [5.41, 5.74) is -8.21. The molecule has 0 bridgehead atoms. The highest BCUT2D eigenvalue weighted by Gasteiger charge is 2.30. The SMILES string of the molecule is O=C(O)c1cc(N=Nc2c(S(=O)(=O)O)cc3cc(S(=O)(=O)O)c(N=Nc4ccc(N=Nc5c(C(=O)O)[nH]n(-c6ccccc6)c5=O)cc4S(=O)(=O)O)c(O)c3c2O)ccc1[N+](=O)[O-]. The lowest BCUT2D eigenvalue weighted by Crippen LogP contribution is -2.13. The average Bonchev–Trinajstić information content (AvgIpc) is 3.54. The van der Waals surface area contributed by atoms with Crippen molar-refractivity contribution in [1.82, 2.24) is 9.78 Å². The summed E-state index contributed by atoms with van der Waals surface area (Å²) in [5.74, 6) is -6.23. The maximum absolute atomic E-state index is 13.0. The first-order valence-electron chi connectivity index (χ1n) is 16.4. The number of aromatic hydroxyl groups is 2. The number of hydrogen-bond donors (Lipinski definition) is 8. The number of azo groups is 3. The number of nitrogens with one attached hydrogen (secondary N) is 1. The summed E-state index contributed by atoms with van der Waals surface area (Å²) < 4.78 is 106. The molecule has 0 spiro atoms. The van der Waals surface area contributed by atoms with E-state index in [1.165, 1.54) is 12.1 Å². The molecule has 6 aromatic rings. The van der Waals surface area contributed by atoms with Crippen LogP contribution in [0.25, 0.3) is 16.5 Å². The van der Waals surface area contributed by atoms with Gasteiger partial charge in [-0.15, -0.1) is 20.5 Å². The number of nitro benzene ring substituents is 1. The summed E-state index contributed by atoms with van der Waals surface area (Å²) in [6.07, 6.45) is 0. The Morgan fingerprint density at radius 1 is 0.635 bits per heavy atom. The minimum Gasteiger partial charge on any atom is -0.505 e. The molecule has 8 N–H and O–H groups in total. The fraction of sp³-hybridized carbons (Fsp3) is 0. The van der Waals surface area contributed by atoms with Crippen molar-refractivity contribution in [1.29, 1.82) is 0 Å². The molecule has 6 rings (SSSR count). The molecule has 0 fully saturated rings. The molecule has 63 heavy (non-hydrogen) atoms. The lowest BCUT2D eigenvalue weighted by atomic mass is 10.1. The van der Waals surface area contributed by atoms with E-state index in [1.54, 1.807) is 18.2 Å². The van der Waals surface area contributed by atoms with E-state index in [4.69, 9.17) is 0 Å². The number of phenolic OH excluding ortho intramolecular Hbond substituents is 2. The number of aromatic amines is 1. The summed E-state index contributed by atoms with van der Waals surface area (Å²) in [7, 11) is -16.3. The molecule has 0 atom stereocenters. The number of carboxylic acid groups (broad SMARTS) is 2. The number of nitro groups is 1. The topological polar surface area (TPSA) is 433 Å². The summed E-state index contributed by atoms with van der Waals surface area (Å²) in [5, 5.41) is 74.8. The number of aromatic nitrogens is 2. The number of fused-ring (bicyclic) bond motifs is 1. The van der Waals surface area contributed by atoms with Crippen LogP contribution in [0.2, 0.25) is 0 Å². The van der Waals surface area contributed by atoms with E-state index in [9.17, 15) is 83.8 Å². The highest BCUT2D eigenvalue weighted by atomic mass is 32.2. The first-order chi connectivity index (χ1) is 29.4. The largest absolute Gasteiger partial charge is 0.505 e. The number of phenols is 2. The predicted molar refractivity (Wildman–Crippen MR) is 209 cm³/mol. The number of para-hydroxylation sites is 1. The highest BCUT2D eigenvalue weighted by Crippen LogP contribution is 2.50. The normalized spacial score (nSPS) is 12.5. The van der Waals surface area contributed by atoms with Gasteiger partial charge in [0.15, 0.2) is 22.9 Å². The number of carbonyl (C=O) groups is 2. The fourth-order valence-electron chi connectivity index (χ4n) is 5.57. The zero-order valence-corrected chi connectivity index (χ0v) is 32.9. The minimum atomic E-state index is -5.51. The maximum atomic E-state index is 13.0. The van der Waals surface area contributed by atoms with Gasteiger partial charge in [-0.3, -0.25) is 33.7 Å². The molecule has 0 unspecified atom stereocenters. The lowest BCUT2D eigenvalue weighted by molar-refractivity contribution is -0.385. The van der Waals surface area contributed by atoms with Gasteiger partial charge in [-0.25, -0.2) is 14.3 Å². The number of hydrogen-bond acceptors (Lipinski definition) is 19. The second-order valence-electron chi connectivity index (χ2n) is 12.3. The Hall–Kier alpha value is -8.16. The summed E-state index contributed by atoms with van der Waals surface area (Å²) >= 11 is 0. The maximum Gasteiger partial charge on any atom is 0.356 e. The second-order valence-corrected chi connectivity index (χ2v) is 16.5. The van der Waals surface area contributed by atoms with Crippen molar-refractivity contribution in [3.8, 4) is 17.2 Å². The van der Waals surface area contributed by atoms with E-state index in [0.717, 1.165) is 22.9 Å². The van der Waals surface area contributed by atoms with Crippen LogP contribution in [0.3, 0.4) is 0 Å². The van der Waals surface area contributed by atoms with Gasteiger partial charge in [0.1, 0.15) is 37.3 Å². The third-order valence-corrected chi connectivity index (χ3v) is 10.9. The quantitative estimate of drug-likeness (QED) is 0.0284. The Kier molecular flexibility index (Phi) is 11.5. The number of H-pyrrole nitrogens is 1. The monoisotopic (exact) mass is 927 g/mol. The molecule has 0 aliphatic rings. The van der Waals surface area contributed by atoms with Crippen LogP contribution < -0.4 is 5.56 Å². The molecular formula is C33H21N9O18S3. The van der Waals surface area contributed by atoms with Gasteiger partial charge >= 0.3 is 11.9 Å². The number of aromatic carboxylic acids is 2. The van der Waals surface area contributed by atoms with Crippen LogP contribution in [-0.4, -0.2) is 86.0 Å². The number of benzene rings is 5. The molecule has 0 saturated heterocycles. The third-order valence-electron chi connectivity index (χ3n) is 8.32. The van der Waals surface area contributed by atoms with Crippen LogP contribution >= 0.6 is 0 Å². The van der Waals surface area contributed by atoms with E-state index in [2.05, 4.69) is 35.8 Å². The number of carboxylic acids is 2. The molecule has 0 radical (unpaired) electrons. The zero-order chi connectivity index (χ0) is 46.3. The van der Waals surface area contributed by atoms with Crippen molar-refractivity contribution in [2.24, 2.45) is 30.7 Å². The molecule has 30 heteroatoms. The first-order valence-corrected chi connectivity index (χ1v) is 20.7. The first kappa shape index (κ1) is 44.4. The van der Waals surface area contributed by atoms with E-state index in [0.29, 0.717) is 30.3 Å². The molecule has 0 aliphatic carbocycles. The van der Waals surface area contributed by atoms with E-state index >= 15 is 0 Å². The predicted octanol–water partition coefficient (Wildman–Crippen LogP) is 6.02. The van der Waals surface area contributed by atoms with Crippen molar-refractivity contribution in [2.75, 3.05) is 0 Å². The van der Waals surface area contributed by atoms with Gasteiger partial charge in [-0.05, 0) is 60.0 Å². The van der Waals surface area contributed by atoms with Gasteiger partial charge in [0.05, 0.1) is 27.4 Å². The van der Waals surface area contributed by atoms with E-state index < -0.39 is 141 Å². The van der Waals surface area contributed by atoms with Gasteiger partial charge < -0.3 is 20.4 Å². The molecule has 0 amide bonds. The fourth-order valence-corrected chi connectivity index (χ4v) is 7.53. The minimum absolute atomic E-state index is 0.214. The lowest BCUT2D eigenvalue weighted by Gasteiger charge is -2.13. The highest BCUT2D eigenvalue weighted by molar-refractivity contribution is 7.86. The molecule has 1 aromatic heterocycles. The smallest absolute Gasteiger partial charge is 0.356 e. The molecule has 1 heterocycles. The Bertz CT molecular complexity index is 3460. The van der Waals surface area contributed by atoms with E-state index in [1.807, 2.05) is 0 Å². The Labute approximate surface area is 348 Å². The van der Waals surface area contributed by atoms with Crippen LogP contribution in [0.1, 0.15) is 20.8 Å². The zero-order valence-electron chi connectivity index (χ0n) is 30.4. The van der Waals surface area contributed by atoms with Crippen molar-refractivity contribution >= 4 is 92.9 Å². The van der Waals surface area contributed by atoms with Gasteiger partial charge in [0.2, 0.25) is 0 Å². The molecule has 0 saturated carbocycles. The molecule has 5 aromatic carbocycles. The van der Waals surface area contributed by atoms with Crippen LogP contribution in [-0.2, 0) is 30.4 Å². The third kappa shape index (κ3) is 8.99. The van der Waals surface area contributed by atoms with Gasteiger partial charge in [0, 0.05) is 6.07 Å². The van der Waals surface area contributed by atoms with Gasteiger partial charge in [0.25, 0.3) is 41.6 Å². The van der Waals surface area contributed by atoms with Crippen molar-refractivity contribution < 1.29 is 73.9 Å². The number of nitrogens with zero attached hydrogens (tertiary/aromatic N) is 8. The molecular weight excluding hydrogens is 907 g/mol. The van der Waals surface area contributed by atoms with Crippen LogP contribution in [0.4, 0.5) is 39.8 Å². The van der Waals surface area contributed by atoms with Crippen molar-refractivity contribution in [3.63, 3.8) is 0 Å². The van der Waals surface area contributed by atoms with Crippen LogP contribution in [0.5, 0.6) is 11.5 Å². The van der Waals surface area contributed by atoms with Crippen LogP contribution in [0, 0.1) is 10.1 Å². The Morgan fingerprint density at radius 3 is 1.65 bits per heavy atom. The van der Waals surface area contributed by atoms with E-state index in [-0.39, 0.29) is 5.69 Å². The summed E-state index contributed by atoms with van der Waals surface area (Å²) in [6, 6.07) is 13.1. The van der Waals surface area contributed by atoms with Gasteiger partial charge in [-0.1, -0.05) is 18.2 Å². The summed E-state index contributed by atoms with van der Waals surface area (Å²) in [6.45, 7) is 0. The summed E-state index contributed by atoms with van der Waals surface area (Å²) in [4.78, 5) is 42.9. The van der Waals surface area contributed by atoms with Crippen molar-refractivity contribution in [3.05, 3.63) is 111 Å². The molecule has 27 nitrogen and oxygen atoms in total. The molecule has 324 valence electrons. The van der Waals surface area contributed by atoms with Gasteiger partial charge in [-0.2, -0.15) is 35.5 Å². The second kappa shape index (κ2) is 16.4. The average molecular weight is 928 g/mol. The standard InChI is InChI=1S/C33H21N9O18S3/c43-29-24-14(10-22(62(55,56)57)25(29)37-34-15-7-9-20(42(50)51)18(12-15)32(46)47)11-23(63(58,59)60)26(30(24)44)38-36-19-8-6-16(13-21(19)61(52,53)54)35-39-27-28(33(48)49)40-41(31(27)45)17-4-2-1-3-5-17/h1-13,40,43-44H,(H,46,47)(H,48,49)(H,52,53,54)(H,55,56,57)(H,58,59,60). The van der Waals surface area contributed by atoms with Crippen LogP contribution in [0.15, 0.2) is 129 Å².